The monoisotopic (exact) mass is 773 g/mol. The van der Waals surface area contributed by atoms with E-state index >= 15 is 0 Å². The molecule has 2 aromatic carbocycles. The van der Waals surface area contributed by atoms with E-state index in [1.807, 2.05) is 87.2 Å². The molecule has 8 heteroatoms. The molecular formula is C49H68N6O2. The van der Waals surface area contributed by atoms with Crippen molar-refractivity contribution < 1.29 is 9.47 Å². The zero-order chi connectivity index (χ0) is 40.8. The average Bonchev–Trinajstić information content (AvgIpc) is 3.25. The fourth-order valence-corrected chi connectivity index (χ4v) is 6.25. The minimum Gasteiger partial charge on any atom is -0.494 e. The SMILES string of the molecule is CCCCCCCCCCc1cnc(-c2ccc(OCCC(C)C#N)cc2)nc1.CCCCCCCCCc1cnc(-c2ccc(OCCC(C)C#N)cc2)nc1. The first-order valence-corrected chi connectivity index (χ1v) is 21.8. The van der Waals surface area contributed by atoms with Crippen LogP contribution in [0.5, 0.6) is 11.5 Å². The summed E-state index contributed by atoms with van der Waals surface area (Å²) in [6, 6.07) is 20.1. The van der Waals surface area contributed by atoms with Gasteiger partial charge in [0.15, 0.2) is 11.6 Å². The molecule has 0 aliphatic rings. The van der Waals surface area contributed by atoms with Crippen molar-refractivity contribution in [3.63, 3.8) is 0 Å². The van der Waals surface area contributed by atoms with Crippen molar-refractivity contribution in [3.8, 4) is 46.4 Å². The van der Waals surface area contributed by atoms with Gasteiger partial charge in [-0.25, -0.2) is 19.9 Å². The summed E-state index contributed by atoms with van der Waals surface area (Å²) in [5.41, 5.74) is 4.40. The Bertz CT molecular complexity index is 1680. The van der Waals surface area contributed by atoms with E-state index in [9.17, 15) is 0 Å². The van der Waals surface area contributed by atoms with Gasteiger partial charge in [0.25, 0.3) is 0 Å². The second-order valence-corrected chi connectivity index (χ2v) is 15.3. The van der Waals surface area contributed by atoms with Gasteiger partial charge in [-0.3, -0.25) is 0 Å². The lowest BCUT2D eigenvalue weighted by molar-refractivity contribution is 0.297. The average molecular weight is 773 g/mol. The Hall–Kier alpha value is -4.82. The number of hydrogen-bond donors (Lipinski definition) is 0. The number of aryl methyl sites for hydroxylation is 2. The summed E-state index contributed by atoms with van der Waals surface area (Å²) in [7, 11) is 0. The Morgan fingerprint density at radius 1 is 0.474 bits per heavy atom. The Morgan fingerprint density at radius 2 is 0.789 bits per heavy atom. The Kier molecular flexibility index (Phi) is 24.0. The molecule has 0 aliphatic heterocycles. The molecule has 0 amide bonds. The molecule has 0 saturated carbocycles. The fraction of sp³-hybridized carbons (Fsp3) is 0.551. The standard InChI is InChI=1S/C25H35N3O.C24H33N3O/c1-3-4-5-6-7-8-9-10-11-22-19-27-25(28-20-22)23-12-14-24(15-13-23)29-17-16-21(2)18-26;1-3-4-5-6-7-8-9-10-21-18-26-24(27-19-21)22-11-13-23(14-12-22)28-16-15-20(2)17-25/h12-15,19-21H,3-11,16-17H2,1-2H3;11-14,18-20H,3-10,15-16H2,1-2H3. The molecule has 4 rings (SSSR count). The molecule has 2 atom stereocenters. The Labute approximate surface area is 344 Å². The maximum atomic E-state index is 8.80. The molecule has 2 aromatic heterocycles. The molecule has 0 spiro atoms. The predicted octanol–water partition coefficient (Wildman–Crippen LogP) is 13.1. The first-order chi connectivity index (χ1) is 27.9. The highest BCUT2D eigenvalue weighted by Gasteiger charge is 2.06. The number of benzene rings is 2. The first kappa shape index (κ1) is 46.6. The van der Waals surface area contributed by atoms with Gasteiger partial charge in [-0.2, -0.15) is 10.5 Å². The van der Waals surface area contributed by atoms with E-state index < -0.39 is 0 Å². The molecule has 8 nitrogen and oxygen atoms in total. The minimum atomic E-state index is 0.0204. The third-order valence-electron chi connectivity index (χ3n) is 10.1. The second-order valence-electron chi connectivity index (χ2n) is 15.3. The highest BCUT2D eigenvalue weighted by atomic mass is 16.5. The second kappa shape index (κ2) is 29.4. The highest BCUT2D eigenvalue weighted by Crippen LogP contribution is 2.22. The van der Waals surface area contributed by atoms with E-state index in [1.165, 1.54) is 107 Å². The molecule has 306 valence electrons. The van der Waals surface area contributed by atoms with Crippen molar-refractivity contribution in [2.75, 3.05) is 13.2 Å². The van der Waals surface area contributed by atoms with Crippen LogP contribution < -0.4 is 9.47 Å². The molecule has 0 saturated heterocycles. The summed E-state index contributed by atoms with van der Waals surface area (Å²) in [5, 5.41) is 17.6. The van der Waals surface area contributed by atoms with E-state index in [4.69, 9.17) is 20.0 Å². The highest BCUT2D eigenvalue weighted by molar-refractivity contribution is 5.56. The Morgan fingerprint density at radius 3 is 1.11 bits per heavy atom. The van der Waals surface area contributed by atoms with Crippen molar-refractivity contribution in [2.24, 2.45) is 11.8 Å². The third kappa shape index (κ3) is 20.3. The minimum absolute atomic E-state index is 0.0204. The lowest BCUT2D eigenvalue weighted by Crippen LogP contribution is -2.02. The normalized spacial score (nSPS) is 11.8. The van der Waals surface area contributed by atoms with Crippen LogP contribution in [0.25, 0.3) is 22.8 Å². The molecule has 0 N–H and O–H groups in total. The molecule has 0 radical (unpaired) electrons. The largest absolute Gasteiger partial charge is 0.494 e. The van der Waals surface area contributed by atoms with Crippen molar-refractivity contribution >= 4 is 0 Å². The number of ether oxygens (including phenoxy) is 2. The first-order valence-electron chi connectivity index (χ1n) is 21.8. The maximum Gasteiger partial charge on any atom is 0.159 e. The lowest BCUT2D eigenvalue weighted by Gasteiger charge is -2.08. The quantitative estimate of drug-likeness (QED) is 0.0550. The van der Waals surface area contributed by atoms with Crippen molar-refractivity contribution in [2.45, 2.75) is 150 Å². The van der Waals surface area contributed by atoms with Gasteiger partial charge in [0.05, 0.1) is 25.4 Å². The lowest BCUT2D eigenvalue weighted by atomic mass is 10.1. The van der Waals surface area contributed by atoms with Gasteiger partial charge < -0.3 is 9.47 Å². The van der Waals surface area contributed by atoms with Crippen LogP contribution in [0.2, 0.25) is 0 Å². The third-order valence-corrected chi connectivity index (χ3v) is 10.1. The number of hydrogen-bond acceptors (Lipinski definition) is 8. The van der Waals surface area contributed by atoms with Gasteiger partial charge in [0.1, 0.15) is 11.5 Å². The van der Waals surface area contributed by atoms with Crippen LogP contribution in [0.15, 0.2) is 73.3 Å². The summed E-state index contributed by atoms with van der Waals surface area (Å²) in [6.45, 7) is 9.43. The molecule has 4 aromatic rings. The number of nitrogens with zero attached hydrogens (tertiary/aromatic N) is 6. The van der Waals surface area contributed by atoms with Crippen LogP contribution in [0.4, 0.5) is 0 Å². The Balaban J connectivity index is 0.000000306. The van der Waals surface area contributed by atoms with Crippen molar-refractivity contribution in [1.29, 1.82) is 10.5 Å². The van der Waals surface area contributed by atoms with Crippen molar-refractivity contribution in [1.82, 2.24) is 19.9 Å². The van der Waals surface area contributed by atoms with Gasteiger partial charge in [0.2, 0.25) is 0 Å². The zero-order valence-corrected chi connectivity index (χ0v) is 35.4. The summed E-state index contributed by atoms with van der Waals surface area (Å²) in [6.07, 6.45) is 31.3. The fourth-order valence-electron chi connectivity index (χ4n) is 6.25. The van der Waals surface area contributed by atoms with Gasteiger partial charge in [0, 0.05) is 47.8 Å². The number of rotatable bonds is 27. The molecule has 2 unspecified atom stereocenters. The van der Waals surface area contributed by atoms with E-state index in [2.05, 4.69) is 45.9 Å². The zero-order valence-electron chi connectivity index (χ0n) is 35.4. The molecule has 2 heterocycles. The number of unbranched alkanes of at least 4 members (excludes halogenated alkanes) is 13. The van der Waals surface area contributed by atoms with Gasteiger partial charge in [-0.05, 0) is 112 Å². The van der Waals surface area contributed by atoms with Crippen LogP contribution in [0.3, 0.4) is 0 Å². The molecule has 0 aliphatic carbocycles. The molecule has 0 bridgehead atoms. The van der Waals surface area contributed by atoms with E-state index in [-0.39, 0.29) is 11.8 Å². The van der Waals surface area contributed by atoms with Crippen LogP contribution in [0.1, 0.15) is 148 Å². The van der Waals surface area contributed by atoms with Gasteiger partial charge >= 0.3 is 0 Å². The van der Waals surface area contributed by atoms with E-state index in [1.54, 1.807) is 0 Å². The summed E-state index contributed by atoms with van der Waals surface area (Å²) >= 11 is 0. The van der Waals surface area contributed by atoms with Crippen LogP contribution >= 0.6 is 0 Å². The summed E-state index contributed by atoms with van der Waals surface area (Å²) in [5.74, 6) is 3.15. The van der Waals surface area contributed by atoms with Gasteiger partial charge in [-0.1, -0.05) is 97.3 Å². The topological polar surface area (TPSA) is 118 Å². The summed E-state index contributed by atoms with van der Waals surface area (Å²) < 4.78 is 11.4. The predicted molar refractivity (Wildman–Crippen MR) is 233 cm³/mol. The van der Waals surface area contributed by atoms with E-state index in [0.29, 0.717) is 13.2 Å². The number of nitriles is 2. The molecule has 57 heavy (non-hydrogen) atoms. The maximum absolute atomic E-state index is 8.80. The van der Waals surface area contributed by atoms with Crippen molar-refractivity contribution in [3.05, 3.63) is 84.4 Å². The molecular weight excluding hydrogens is 705 g/mol. The smallest absolute Gasteiger partial charge is 0.159 e. The van der Waals surface area contributed by atoms with Gasteiger partial charge in [-0.15, -0.1) is 0 Å². The van der Waals surface area contributed by atoms with Crippen LogP contribution in [0, 0.1) is 34.5 Å². The molecule has 0 fully saturated rings. The number of aromatic nitrogens is 4. The van der Waals surface area contributed by atoms with E-state index in [0.717, 1.165) is 60.0 Å². The van der Waals surface area contributed by atoms with Crippen LogP contribution in [-0.4, -0.2) is 33.1 Å². The summed E-state index contributed by atoms with van der Waals surface area (Å²) in [4.78, 5) is 18.1. The van der Waals surface area contributed by atoms with Crippen LogP contribution in [-0.2, 0) is 12.8 Å².